The molecule has 1 rings (SSSR count). The Kier molecular flexibility index (Phi) is 1.76. The summed E-state index contributed by atoms with van der Waals surface area (Å²) in [6, 6.07) is 2.03. The van der Waals surface area contributed by atoms with Crippen molar-refractivity contribution >= 4 is 17.3 Å². The zero-order valence-electron chi connectivity index (χ0n) is 4.79. The predicted octanol–water partition coefficient (Wildman–Crippen LogP) is 2.53. The van der Waals surface area contributed by atoms with Crippen LogP contribution in [0.15, 0.2) is 12.1 Å². The molecule has 1 radical (unpaired) electrons. The average Bonchev–Trinajstić information content (AvgIpc) is 1.93. The Morgan fingerprint density at radius 3 is 2.40 bits per heavy atom. The molecule has 0 aliphatic heterocycles. The maximum absolute atomic E-state index is 12.4. The summed E-state index contributed by atoms with van der Waals surface area (Å²) >= 11 is 5.22. The number of benzene rings is 1. The lowest BCUT2D eigenvalue weighted by molar-refractivity contribution is 0.586. The molecule has 0 bridgehead atoms. The molecule has 1 aromatic carbocycles. The van der Waals surface area contributed by atoms with Gasteiger partial charge in [0.2, 0.25) is 0 Å². The minimum Gasteiger partial charge on any atom is -0.295 e. The van der Waals surface area contributed by atoms with E-state index in [4.69, 9.17) is 17.3 Å². The monoisotopic (exact) mass is 162 g/mol. The normalized spacial score (nSPS) is 9.90. The molecule has 0 fully saturated rings. The van der Waals surface area contributed by atoms with Crippen LogP contribution in [-0.2, 0) is 0 Å². The third kappa shape index (κ3) is 1.04. The van der Waals surface area contributed by atoms with Crippen molar-refractivity contribution in [1.29, 1.82) is 0 Å². The van der Waals surface area contributed by atoms with Gasteiger partial charge in [-0.25, -0.2) is 8.78 Å². The number of halogens is 3. The highest BCUT2D eigenvalue weighted by Gasteiger charge is 2.08. The molecule has 53 valence electrons. The fourth-order valence-corrected chi connectivity index (χ4v) is 0.685. The summed E-state index contributed by atoms with van der Waals surface area (Å²) < 4.78 is 24.7. The van der Waals surface area contributed by atoms with E-state index in [1.807, 2.05) is 0 Å². The van der Waals surface area contributed by atoms with Gasteiger partial charge in [-0.3, -0.25) is 5.73 Å². The molecule has 4 heteroatoms. The molecule has 0 saturated heterocycles. The van der Waals surface area contributed by atoms with Gasteiger partial charge in [0.25, 0.3) is 0 Å². The van der Waals surface area contributed by atoms with Gasteiger partial charge in [0.1, 0.15) is 5.69 Å². The van der Waals surface area contributed by atoms with Crippen molar-refractivity contribution in [2.24, 2.45) is 0 Å². The van der Waals surface area contributed by atoms with Crippen LogP contribution >= 0.6 is 11.6 Å². The van der Waals surface area contributed by atoms with Gasteiger partial charge in [0, 0.05) is 0 Å². The Morgan fingerprint density at radius 2 is 1.90 bits per heavy atom. The van der Waals surface area contributed by atoms with Crippen LogP contribution in [0.2, 0.25) is 5.02 Å². The first-order chi connectivity index (χ1) is 4.63. The van der Waals surface area contributed by atoms with Gasteiger partial charge in [0.05, 0.1) is 5.02 Å². The quantitative estimate of drug-likeness (QED) is 0.524. The molecular weight excluding hydrogens is 160 g/mol. The third-order valence-corrected chi connectivity index (χ3v) is 1.34. The fourth-order valence-electron chi connectivity index (χ4n) is 0.527. The fraction of sp³-hybridized carbons (Fsp3) is 0. The van der Waals surface area contributed by atoms with E-state index in [1.54, 1.807) is 0 Å². The van der Waals surface area contributed by atoms with Gasteiger partial charge in [-0.15, -0.1) is 0 Å². The number of hydrogen-bond acceptors (Lipinski definition) is 0. The van der Waals surface area contributed by atoms with Crippen LogP contribution in [0.4, 0.5) is 14.5 Å². The second-order valence-corrected chi connectivity index (χ2v) is 2.13. The lowest BCUT2D eigenvalue weighted by Crippen LogP contribution is -1.85. The van der Waals surface area contributed by atoms with Crippen LogP contribution in [0.1, 0.15) is 0 Å². The smallest absolute Gasteiger partial charge is 0.169 e. The van der Waals surface area contributed by atoms with Crippen LogP contribution in [0.3, 0.4) is 0 Å². The van der Waals surface area contributed by atoms with Gasteiger partial charge >= 0.3 is 0 Å². The van der Waals surface area contributed by atoms with Gasteiger partial charge in [0.15, 0.2) is 11.6 Å². The van der Waals surface area contributed by atoms with E-state index in [9.17, 15) is 8.78 Å². The van der Waals surface area contributed by atoms with Crippen LogP contribution in [0.25, 0.3) is 0 Å². The Hall–Kier alpha value is -0.830. The second-order valence-electron chi connectivity index (χ2n) is 1.72. The van der Waals surface area contributed by atoms with Crippen LogP contribution in [-0.4, -0.2) is 0 Å². The Labute approximate surface area is 61.4 Å². The van der Waals surface area contributed by atoms with Gasteiger partial charge in [-0.05, 0) is 12.1 Å². The molecule has 10 heavy (non-hydrogen) atoms. The molecule has 1 N–H and O–H groups in total. The molecule has 0 aromatic heterocycles. The van der Waals surface area contributed by atoms with Crippen molar-refractivity contribution < 1.29 is 8.78 Å². The SMILES string of the molecule is [NH]c1c(F)ccc(Cl)c1F. The lowest BCUT2D eigenvalue weighted by Gasteiger charge is -1.96. The lowest BCUT2D eigenvalue weighted by atomic mass is 10.3. The summed E-state index contributed by atoms with van der Waals surface area (Å²) in [5, 5.41) is -0.230. The first kappa shape index (κ1) is 7.28. The van der Waals surface area contributed by atoms with E-state index in [0.29, 0.717) is 0 Å². The van der Waals surface area contributed by atoms with E-state index in [-0.39, 0.29) is 5.02 Å². The summed E-state index contributed by atoms with van der Waals surface area (Å²) in [4.78, 5) is 0. The summed E-state index contributed by atoms with van der Waals surface area (Å²) in [6.07, 6.45) is 0. The minimum absolute atomic E-state index is 0.230. The van der Waals surface area contributed by atoms with Crippen molar-refractivity contribution in [3.63, 3.8) is 0 Å². The molecule has 0 heterocycles. The second kappa shape index (κ2) is 2.42. The largest absolute Gasteiger partial charge is 0.295 e. The predicted molar refractivity (Wildman–Crippen MR) is 34.1 cm³/mol. The molecule has 0 saturated carbocycles. The molecule has 0 amide bonds. The van der Waals surface area contributed by atoms with E-state index in [1.165, 1.54) is 0 Å². The van der Waals surface area contributed by atoms with Gasteiger partial charge < -0.3 is 0 Å². The maximum Gasteiger partial charge on any atom is 0.169 e. The zero-order chi connectivity index (χ0) is 7.72. The zero-order valence-corrected chi connectivity index (χ0v) is 5.54. The van der Waals surface area contributed by atoms with Crippen molar-refractivity contribution in [1.82, 2.24) is 5.73 Å². The summed E-state index contributed by atoms with van der Waals surface area (Å²) in [7, 11) is 0. The Bertz CT molecular complexity index is 235. The Morgan fingerprint density at radius 1 is 1.30 bits per heavy atom. The van der Waals surface area contributed by atoms with Gasteiger partial charge in [-0.2, -0.15) is 0 Å². The molecule has 0 aliphatic carbocycles. The Balaban J connectivity index is 3.34. The number of hydrogen-bond donors (Lipinski definition) is 0. The highest BCUT2D eigenvalue weighted by molar-refractivity contribution is 6.31. The molecule has 0 spiro atoms. The molecule has 1 aromatic rings. The first-order valence-electron chi connectivity index (χ1n) is 2.48. The third-order valence-electron chi connectivity index (χ3n) is 1.04. The minimum atomic E-state index is -1.01. The summed E-state index contributed by atoms with van der Waals surface area (Å²) in [5.41, 5.74) is 5.97. The highest BCUT2D eigenvalue weighted by Crippen LogP contribution is 2.23. The molecule has 1 nitrogen and oxygen atoms in total. The van der Waals surface area contributed by atoms with E-state index >= 15 is 0 Å². The average molecular weight is 163 g/mol. The molecule has 0 aliphatic rings. The van der Waals surface area contributed by atoms with E-state index in [2.05, 4.69) is 0 Å². The summed E-state index contributed by atoms with van der Waals surface area (Å²) in [5.74, 6) is -1.91. The molecule has 0 atom stereocenters. The van der Waals surface area contributed by atoms with Gasteiger partial charge in [-0.1, -0.05) is 11.6 Å². The number of rotatable bonds is 0. The summed E-state index contributed by atoms with van der Waals surface area (Å²) in [6.45, 7) is 0. The van der Waals surface area contributed by atoms with E-state index < -0.39 is 17.3 Å². The van der Waals surface area contributed by atoms with Crippen LogP contribution in [0.5, 0.6) is 0 Å². The first-order valence-corrected chi connectivity index (χ1v) is 2.86. The van der Waals surface area contributed by atoms with Crippen LogP contribution in [0, 0.1) is 11.6 Å². The van der Waals surface area contributed by atoms with Crippen molar-refractivity contribution in [3.8, 4) is 0 Å². The topological polar surface area (TPSA) is 23.8 Å². The standard InChI is InChI=1S/C6H3ClF2N/c7-3-1-2-4(8)6(10)5(3)9/h1-2,10H. The van der Waals surface area contributed by atoms with E-state index in [0.717, 1.165) is 12.1 Å². The molecule has 0 unspecified atom stereocenters. The van der Waals surface area contributed by atoms with Crippen molar-refractivity contribution in [2.75, 3.05) is 0 Å². The van der Waals surface area contributed by atoms with Crippen molar-refractivity contribution in [3.05, 3.63) is 28.8 Å². The maximum atomic E-state index is 12.4. The van der Waals surface area contributed by atoms with Crippen molar-refractivity contribution in [2.45, 2.75) is 0 Å². The molecular formula is C6H3ClF2N. The number of nitrogens with one attached hydrogen (secondary N) is 1. The van der Waals surface area contributed by atoms with Crippen LogP contribution < -0.4 is 5.73 Å². The highest BCUT2D eigenvalue weighted by atomic mass is 35.5.